The number of hydrogen-bond donors (Lipinski definition) is 4. The number of Topliss-reactive ketones (excluding diaryl/α,β-unsaturated/α-hetero) is 4. The van der Waals surface area contributed by atoms with Crippen molar-refractivity contribution in [3.8, 4) is 0 Å². The Bertz CT molecular complexity index is 612. The molecule has 0 saturated carbocycles. The second-order valence-corrected chi connectivity index (χ2v) is 4.32. The van der Waals surface area contributed by atoms with E-state index in [1.807, 2.05) is 0 Å². The summed E-state index contributed by atoms with van der Waals surface area (Å²) in [5.41, 5.74) is -2.76. The maximum atomic E-state index is 11.7. The summed E-state index contributed by atoms with van der Waals surface area (Å²) in [6, 6.07) is 1.23. The van der Waals surface area contributed by atoms with E-state index in [4.69, 9.17) is 10.4 Å². The lowest BCUT2D eigenvalue weighted by atomic mass is 9.97. The van der Waals surface area contributed by atoms with Gasteiger partial charge in [-0.15, -0.1) is 0 Å². The van der Waals surface area contributed by atoms with Crippen LogP contribution in [0.3, 0.4) is 0 Å². The predicted octanol–water partition coefficient (Wildman–Crippen LogP) is -1.96. The highest BCUT2D eigenvalue weighted by Crippen LogP contribution is 2.22. The van der Waals surface area contributed by atoms with Gasteiger partial charge in [-0.3, -0.25) is 19.2 Å². The molecule has 4 N–H and O–H groups in total. The minimum atomic E-state index is -1.64. The molecule has 0 aromatic heterocycles. The first-order valence-corrected chi connectivity index (χ1v) is 5.83. The fourth-order valence-corrected chi connectivity index (χ4v) is 1.71. The summed E-state index contributed by atoms with van der Waals surface area (Å²) < 4.78 is 0. The first-order chi connectivity index (χ1) is 10.1. The molecular weight excluding hydrogens is 300 g/mol. The minimum Gasteiger partial charge on any atom is -0.595 e. The van der Waals surface area contributed by atoms with Crippen LogP contribution in [0, 0.1) is 10.4 Å². The van der Waals surface area contributed by atoms with E-state index in [-0.39, 0.29) is 0 Å². The summed E-state index contributed by atoms with van der Waals surface area (Å²) in [6.07, 6.45) is 0. The van der Waals surface area contributed by atoms with Crippen molar-refractivity contribution < 1.29 is 40.0 Å². The molecule has 1 aromatic rings. The van der Waals surface area contributed by atoms with E-state index in [1.54, 1.807) is 0 Å². The van der Waals surface area contributed by atoms with E-state index < -0.39 is 56.1 Å². The van der Waals surface area contributed by atoms with Gasteiger partial charge in [-0.25, -0.2) is 10.4 Å². The SMILES string of the molecule is CC(=O)C(=O)c1cc(C(=O)C(C)=O)c([NH+]([O-])O)cc1[NH+]([O-])O. The molecule has 0 bridgehead atoms. The third kappa shape index (κ3) is 3.46. The fourth-order valence-electron chi connectivity index (χ4n) is 1.71. The molecule has 1 rings (SSSR count). The van der Waals surface area contributed by atoms with Crippen molar-refractivity contribution in [3.63, 3.8) is 0 Å². The first kappa shape index (κ1) is 17.7. The van der Waals surface area contributed by atoms with E-state index in [1.165, 1.54) is 0 Å². The highest BCUT2D eigenvalue weighted by atomic mass is 16.8. The first-order valence-electron chi connectivity index (χ1n) is 5.83. The third-order valence-electron chi connectivity index (χ3n) is 2.75. The molecule has 2 atom stereocenters. The number of carbonyl (C=O) groups is 4. The van der Waals surface area contributed by atoms with Crippen LogP contribution in [0.4, 0.5) is 11.4 Å². The van der Waals surface area contributed by atoms with Crippen LogP contribution in [-0.4, -0.2) is 33.5 Å². The molecule has 0 saturated heterocycles. The number of benzene rings is 1. The van der Waals surface area contributed by atoms with Crippen LogP contribution in [0.25, 0.3) is 0 Å². The van der Waals surface area contributed by atoms with Gasteiger partial charge in [0.25, 0.3) is 0 Å². The molecule has 10 heteroatoms. The third-order valence-corrected chi connectivity index (χ3v) is 2.75. The van der Waals surface area contributed by atoms with Crippen molar-refractivity contribution in [1.82, 2.24) is 0 Å². The smallest absolute Gasteiger partial charge is 0.234 e. The molecule has 118 valence electrons. The van der Waals surface area contributed by atoms with Crippen LogP contribution < -0.4 is 10.5 Å². The molecule has 0 heterocycles. The van der Waals surface area contributed by atoms with Crippen molar-refractivity contribution in [2.75, 3.05) is 0 Å². The Morgan fingerprint density at radius 1 is 0.818 bits per heavy atom. The van der Waals surface area contributed by atoms with Crippen LogP contribution in [0.15, 0.2) is 12.1 Å². The van der Waals surface area contributed by atoms with Gasteiger partial charge in [-0.05, 0) is 6.07 Å². The number of rotatable bonds is 6. The molecule has 0 fully saturated rings. The number of ketones is 4. The minimum absolute atomic E-state index is 0.580. The molecule has 1 aromatic carbocycles. The van der Waals surface area contributed by atoms with Crippen molar-refractivity contribution in [3.05, 3.63) is 33.7 Å². The second-order valence-electron chi connectivity index (χ2n) is 4.32. The molecule has 10 nitrogen and oxygen atoms in total. The van der Waals surface area contributed by atoms with Crippen molar-refractivity contribution >= 4 is 34.5 Å². The Labute approximate surface area is 123 Å². The second kappa shape index (κ2) is 6.62. The van der Waals surface area contributed by atoms with Crippen molar-refractivity contribution in [1.29, 1.82) is 0 Å². The predicted molar refractivity (Wildman–Crippen MR) is 68.0 cm³/mol. The maximum absolute atomic E-state index is 11.7. The molecule has 2 unspecified atom stereocenters. The van der Waals surface area contributed by atoms with Gasteiger partial charge in [0.2, 0.25) is 23.1 Å². The highest BCUT2D eigenvalue weighted by Gasteiger charge is 2.29. The largest absolute Gasteiger partial charge is 0.595 e. The van der Waals surface area contributed by atoms with Gasteiger partial charge in [-0.2, -0.15) is 10.5 Å². The van der Waals surface area contributed by atoms with Crippen LogP contribution in [-0.2, 0) is 9.59 Å². The van der Waals surface area contributed by atoms with E-state index in [0.717, 1.165) is 13.8 Å². The summed E-state index contributed by atoms with van der Waals surface area (Å²) in [5.74, 6) is -4.39. The molecule has 0 aliphatic rings. The van der Waals surface area contributed by atoms with Gasteiger partial charge < -0.3 is 10.4 Å². The number of carbonyl (C=O) groups excluding carboxylic acids is 4. The van der Waals surface area contributed by atoms with E-state index in [0.29, 0.717) is 12.1 Å². The lowest BCUT2D eigenvalue weighted by molar-refractivity contribution is -0.996. The van der Waals surface area contributed by atoms with Crippen LogP contribution in [0.2, 0.25) is 0 Å². The Balaban J connectivity index is 3.73. The Morgan fingerprint density at radius 2 is 1.14 bits per heavy atom. The van der Waals surface area contributed by atoms with Gasteiger partial charge in [-0.1, -0.05) is 0 Å². The zero-order chi connectivity index (χ0) is 17.2. The number of nitrogens with one attached hydrogen (secondary N) is 2. The van der Waals surface area contributed by atoms with Gasteiger partial charge >= 0.3 is 0 Å². The number of hydrogen-bond acceptors (Lipinski definition) is 8. The monoisotopic (exact) mass is 312 g/mol. The normalized spacial score (nSPS) is 13.4. The van der Waals surface area contributed by atoms with Crippen LogP contribution in [0.5, 0.6) is 0 Å². The Hall–Kier alpha value is -2.34. The summed E-state index contributed by atoms with van der Waals surface area (Å²) in [7, 11) is 0. The van der Waals surface area contributed by atoms with Crippen molar-refractivity contribution in [2.45, 2.75) is 13.8 Å². The lowest BCUT2D eigenvalue weighted by Crippen LogP contribution is -3.01. The topological polar surface area (TPSA) is 164 Å². The van der Waals surface area contributed by atoms with Crippen LogP contribution in [0.1, 0.15) is 34.6 Å². The maximum Gasteiger partial charge on any atom is 0.234 e. The quantitative estimate of drug-likeness (QED) is 0.267. The summed E-state index contributed by atoms with van der Waals surface area (Å²) in [4.78, 5) is 45.8. The van der Waals surface area contributed by atoms with Gasteiger partial charge in [0, 0.05) is 13.8 Å². The average molecular weight is 312 g/mol. The zero-order valence-electron chi connectivity index (χ0n) is 11.5. The van der Waals surface area contributed by atoms with Crippen molar-refractivity contribution in [2.24, 2.45) is 0 Å². The summed E-state index contributed by atoms with van der Waals surface area (Å²) >= 11 is 0. The average Bonchev–Trinajstić information content (AvgIpc) is 2.43. The Kier molecular flexibility index (Phi) is 5.33. The molecule has 0 aliphatic carbocycles. The summed E-state index contributed by atoms with van der Waals surface area (Å²) in [6.45, 7) is 1.79. The van der Waals surface area contributed by atoms with E-state index >= 15 is 0 Å². The van der Waals surface area contributed by atoms with Gasteiger partial charge in [0.15, 0.2) is 11.4 Å². The van der Waals surface area contributed by atoms with Gasteiger partial charge in [0.1, 0.15) is 0 Å². The fraction of sp³-hybridized carbons (Fsp3) is 0.167. The molecular formula is C12H12N2O8. The number of quaternary nitrogens is 2. The molecule has 0 spiro atoms. The molecule has 22 heavy (non-hydrogen) atoms. The van der Waals surface area contributed by atoms with Gasteiger partial charge in [0.05, 0.1) is 17.2 Å². The highest BCUT2D eigenvalue weighted by molar-refractivity contribution is 6.46. The molecule has 0 radical (unpaired) electrons. The molecule has 0 aliphatic heterocycles. The zero-order valence-corrected chi connectivity index (χ0v) is 11.5. The van der Waals surface area contributed by atoms with Crippen LogP contribution >= 0.6 is 0 Å². The lowest BCUT2D eigenvalue weighted by Gasteiger charge is -2.19. The van der Waals surface area contributed by atoms with E-state index in [2.05, 4.69) is 0 Å². The molecule has 0 amide bonds. The Morgan fingerprint density at radius 3 is 1.36 bits per heavy atom. The standard InChI is InChI=1S/C12H12N2O8/c1-5(15)11(17)7-3-8(12(18)6(2)16)10(14(21)22)4-9(7)13(19)20/h3-4,13-14,19,21H,1-2H3. The summed E-state index contributed by atoms with van der Waals surface area (Å²) in [5, 5.41) is 37.0. The van der Waals surface area contributed by atoms with E-state index in [9.17, 15) is 29.6 Å².